The molecule has 1 aliphatic carbocycles. The number of halogens is 1. The average molecular weight is 335 g/mol. The van der Waals surface area contributed by atoms with Gasteiger partial charge in [-0.05, 0) is 43.5 Å². The molecule has 0 N–H and O–H groups in total. The first-order valence-corrected chi connectivity index (χ1v) is 8.34. The second-order valence-electron chi connectivity index (χ2n) is 6.05. The zero-order valence-electron chi connectivity index (χ0n) is 13.0. The normalized spacial score (nSPS) is 21.0. The first kappa shape index (κ1) is 16.0. The molecule has 0 spiro atoms. The van der Waals surface area contributed by atoms with Crippen molar-refractivity contribution in [3.8, 4) is 0 Å². The number of benzene rings is 1. The number of amides is 3. The van der Waals surface area contributed by atoms with E-state index in [2.05, 4.69) is 0 Å². The number of carbonyl (C=O) groups excluding carboxylic acids is 3. The van der Waals surface area contributed by atoms with Gasteiger partial charge in [-0.25, -0.2) is 4.90 Å². The second kappa shape index (κ2) is 6.32. The third kappa shape index (κ3) is 3.11. The highest BCUT2D eigenvalue weighted by molar-refractivity contribution is 6.30. The Bertz CT molecular complexity index is 640. The minimum absolute atomic E-state index is 0.0286. The monoisotopic (exact) mass is 334 g/mol. The number of hydrogen-bond acceptors (Lipinski definition) is 3. The Morgan fingerprint density at radius 2 is 1.91 bits per heavy atom. The van der Waals surface area contributed by atoms with Crippen molar-refractivity contribution in [1.82, 2.24) is 4.90 Å². The molecule has 1 atom stereocenters. The van der Waals surface area contributed by atoms with E-state index in [1.165, 1.54) is 4.90 Å². The quantitative estimate of drug-likeness (QED) is 0.778. The van der Waals surface area contributed by atoms with Gasteiger partial charge >= 0.3 is 0 Å². The summed E-state index contributed by atoms with van der Waals surface area (Å²) in [6, 6.07) is 6.04. The Kier molecular flexibility index (Phi) is 4.39. The molecule has 1 saturated carbocycles. The molecule has 3 rings (SSSR count). The molecule has 0 aromatic heterocycles. The summed E-state index contributed by atoms with van der Waals surface area (Å²) in [5.41, 5.74) is 0.505. The lowest BCUT2D eigenvalue weighted by Gasteiger charge is -2.27. The number of anilines is 1. The van der Waals surface area contributed by atoms with Crippen molar-refractivity contribution in [1.29, 1.82) is 0 Å². The molecule has 122 valence electrons. The first-order chi connectivity index (χ1) is 11.0. The van der Waals surface area contributed by atoms with Gasteiger partial charge < -0.3 is 4.90 Å². The van der Waals surface area contributed by atoms with Crippen LogP contribution in [0.15, 0.2) is 24.3 Å². The van der Waals surface area contributed by atoms with Crippen molar-refractivity contribution in [2.24, 2.45) is 0 Å². The van der Waals surface area contributed by atoms with E-state index >= 15 is 0 Å². The number of imide groups is 1. The van der Waals surface area contributed by atoms with E-state index in [1.54, 1.807) is 29.2 Å². The highest BCUT2D eigenvalue weighted by atomic mass is 35.5. The zero-order chi connectivity index (χ0) is 16.6. The summed E-state index contributed by atoms with van der Waals surface area (Å²) in [4.78, 5) is 40.3. The van der Waals surface area contributed by atoms with E-state index in [-0.39, 0.29) is 30.2 Å². The molecular weight excluding hydrogens is 316 g/mol. The topological polar surface area (TPSA) is 57.7 Å². The maximum atomic E-state index is 12.8. The van der Waals surface area contributed by atoms with Crippen LogP contribution in [0, 0.1) is 0 Å². The zero-order valence-corrected chi connectivity index (χ0v) is 13.8. The van der Waals surface area contributed by atoms with Crippen molar-refractivity contribution < 1.29 is 14.4 Å². The van der Waals surface area contributed by atoms with E-state index in [1.807, 2.05) is 6.92 Å². The molecule has 5 nitrogen and oxygen atoms in total. The molecule has 1 unspecified atom stereocenters. The molecule has 1 saturated heterocycles. The minimum atomic E-state index is -0.662. The van der Waals surface area contributed by atoms with Crippen LogP contribution < -0.4 is 4.90 Å². The van der Waals surface area contributed by atoms with Gasteiger partial charge in [-0.15, -0.1) is 0 Å². The van der Waals surface area contributed by atoms with Gasteiger partial charge in [0.05, 0.1) is 12.1 Å². The molecule has 3 amide bonds. The molecule has 1 aliphatic heterocycles. The van der Waals surface area contributed by atoms with Crippen molar-refractivity contribution in [2.45, 2.75) is 51.1 Å². The largest absolute Gasteiger partial charge is 0.327 e. The molecule has 6 heteroatoms. The lowest BCUT2D eigenvalue weighted by Crippen LogP contribution is -2.46. The van der Waals surface area contributed by atoms with Crippen molar-refractivity contribution in [2.75, 3.05) is 4.90 Å². The van der Waals surface area contributed by atoms with E-state index < -0.39 is 6.04 Å². The van der Waals surface area contributed by atoms with Gasteiger partial charge in [0.2, 0.25) is 11.8 Å². The Hall–Kier alpha value is -1.88. The van der Waals surface area contributed by atoms with E-state index in [0.717, 1.165) is 19.3 Å². The lowest BCUT2D eigenvalue weighted by atomic mass is 10.1. The fourth-order valence-corrected chi connectivity index (χ4v) is 3.15. The first-order valence-electron chi connectivity index (χ1n) is 7.96. The van der Waals surface area contributed by atoms with Gasteiger partial charge in [-0.3, -0.25) is 14.4 Å². The fraction of sp³-hybridized carbons (Fsp3) is 0.471. The molecule has 1 heterocycles. The van der Waals surface area contributed by atoms with Crippen LogP contribution in [0.4, 0.5) is 5.69 Å². The Morgan fingerprint density at radius 1 is 1.26 bits per heavy atom. The summed E-state index contributed by atoms with van der Waals surface area (Å²) in [6.45, 7) is 1.94. The molecule has 0 radical (unpaired) electrons. The van der Waals surface area contributed by atoms with Crippen LogP contribution >= 0.6 is 11.6 Å². The van der Waals surface area contributed by atoms with E-state index in [0.29, 0.717) is 17.1 Å². The maximum absolute atomic E-state index is 12.8. The number of hydrogen-bond donors (Lipinski definition) is 0. The van der Waals surface area contributed by atoms with Crippen LogP contribution in [0.25, 0.3) is 0 Å². The second-order valence-corrected chi connectivity index (χ2v) is 6.48. The number of rotatable bonds is 5. The highest BCUT2D eigenvalue weighted by Crippen LogP contribution is 2.34. The summed E-state index contributed by atoms with van der Waals surface area (Å²) >= 11 is 5.86. The Morgan fingerprint density at radius 3 is 2.48 bits per heavy atom. The Balaban J connectivity index is 1.84. The minimum Gasteiger partial charge on any atom is -0.327 e. The predicted octanol–water partition coefficient (Wildman–Crippen LogP) is 2.76. The molecule has 2 aliphatic rings. The van der Waals surface area contributed by atoms with Crippen LogP contribution in [0.3, 0.4) is 0 Å². The third-order valence-electron chi connectivity index (χ3n) is 4.24. The van der Waals surface area contributed by atoms with Crippen molar-refractivity contribution in [3.05, 3.63) is 29.3 Å². The molecule has 23 heavy (non-hydrogen) atoms. The third-order valence-corrected chi connectivity index (χ3v) is 4.49. The molecule has 1 aromatic rings. The predicted molar refractivity (Wildman–Crippen MR) is 87.1 cm³/mol. The summed E-state index contributed by atoms with van der Waals surface area (Å²) in [5, 5.41) is 0.544. The molecule has 1 aromatic carbocycles. The smallest absolute Gasteiger partial charge is 0.257 e. The molecule has 0 bridgehead atoms. The van der Waals surface area contributed by atoms with Gasteiger partial charge in [0, 0.05) is 17.5 Å². The molecule has 2 fully saturated rings. The summed E-state index contributed by atoms with van der Waals surface area (Å²) in [6.07, 6.45) is 3.03. The van der Waals surface area contributed by atoms with Crippen LogP contribution in [0.1, 0.15) is 39.0 Å². The van der Waals surface area contributed by atoms with E-state index in [4.69, 9.17) is 11.6 Å². The van der Waals surface area contributed by atoms with Crippen LogP contribution in [-0.2, 0) is 14.4 Å². The summed E-state index contributed by atoms with van der Waals surface area (Å²) in [5.74, 6) is -0.606. The Labute approximate surface area is 140 Å². The summed E-state index contributed by atoms with van der Waals surface area (Å²) in [7, 11) is 0. The van der Waals surface area contributed by atoms with Gasteiger partial charge in [-0.1, -0.05) is 18.5 Å². The van der Waals surface area contributed by atoms with Crippen LogP contribution in [0.2, 0.25) is 5.02 Å². The van der Waals surface area contributed by atoms with Gasteiger partial charge in [0.25, 0.3) is 5.91 Å². The number of carbonyl (C=O) groups is 3. The number of nitrogens with zero attached hydrogens (tertiary/aromatic N) is 2. The van der Waals surface area contributed by atoms with Crippen LogP contribution in [-0.4, -0.2) is 34.7 Å². The van der Waals surface area contributed by atoms with E-state index in [9.17, 15) is 14.4 Å². The summed E-state index contributed by atoms with van der Waals surface area (Å²) < 4.78 is 0. The molecular formula is C17H19ClN2O3. The van der Waals surface area contributed by atoms with Crippen LogP contribution in [0.5, 0.6) is 0 Å². The SMILES string of the molecule is CCCC(=O)N(C1CC1)C1CC(=O)N(c2ccc(Cl)cc2)C1=O. The fourth-order valence-electron chi connectivity index (χ4n) is 3.02. The van der Waals surface area contributed by atoms with Gasteiger partial charge in [0.1, 0.15) is 6.04 Å². The maximum Gasteiger partial charge on any atom is 0.257 e. The lowest BCUT2D eigenvalue weighted by molar-refractivity contribution is -0.139. The highest BCUT2D eigenvalue weighted by Gasteiger charge is 2.48. The van der Waals surface area contributed by atoms with Crippen molar-refractivity contribution in [3.63, 3.8) is 0 Å². The standard InChI is InChI=1S/C17H19ClN2O3/c1-2-3-15(21)19(12-8-9-12)14-10-16(22)20(17(14)23)13-6-4-11(18)5-7-13/h4-7,12,14H,2-3,8-10H2,1H3. The average Bonchev–Trinajstić information content (AvgIpc) is 3.29. The van der Waals surface area contributed by atoms with Gasteiger partial charge in [-0.2, -0.15) is 0 Å². The van der Waals surface area contributed by atoms with Gasteiger partial charge in [0.15, 0.2) is 0 Å². The van der Waals surface area contributed by atoms with Crippen molar-refractivity contribution >= 4 is 35.0 Å².